The van der Waals surface area contributed by atoms with Crippen molar-refractivity contribution in [2.45, 2.75) is 12.8 Å². The van der Waals surface area contributed by atoms with E-state index < -0.39 is 0 Å². The molecule has 2 heteroatoms. The normalized spacial score (nSPS) is 9.75. The van der Waals surface area contributed by atoms with E-state index in [1.165, 1.54) is 0 Å². The van der Waals surface area contributed by atoms with Crippen LogP contribution in [0.25, 0.3) is 0 Å². The molecule has 1 nitrogen and oxygen atoms in total. The third-order valence-corrected chi connectivity index (χ3v) is 0.914. The van der Waals surface area contributed by atoms with Crippen LogP contribution >= 0.6 is 11.6 Å². The first-order valence-electron chi connectivity index (χ1n) is 2.84. The van der Waals surface area contributed by atoms with Crippen LogP contribution < -0.4 is 0 Å². The number of alkyl halides is 1. The molecule has 49 valence electrons. The molecule has 0 heterocycles. The summed E-state index contributed by atoms with van der Waals surface area (Å²) in [4.78, 5) is 0. The molecule has 0 atom stereocenters. The fourth-order valence-corrected chi connectivity index (χ4v) is 0.470. The Kier molecular flexibility index (Phi) is 7.48. The van der Waals surface area contributed by atoms with Crippen LogP contribution in [0.5, 0.6) is 0 Å². The van der Waals surface area contributed by atoms with E-state index in [2.05, 4.69) is 6.92 Å². The largest absolute Gasteiger partial charge is 0.380 e. The molecule has 0 aromatic heterocycles. The Hall–Kier alpha value is 0.250. The summed E-state index contributed by atoms with van der Waals surface area (Å²) < 4.78 is 5.05. The Balaban J connectivity index is 2.53. The Morgan fingerprint density at radius 1 is 1.38 bits per heavy atom. The van der Waals surface area contributed by atoms with Crippen LogP contribution in [0.15, 0.2) is 0 Å². The lowest BCUT2D eigenvalue weighted by Gasteiger charge is -1.96. The fraction of sp³-hybridized carbons (Fsp3) is 0.833. The average Bonchev–Trinajstić information content (AvgIpc) is 1.81. The molecule has 8 heavy (non-hydrogen) atoms. The van der Waals surface area contributed by atoms with E-state index in [0.717, 1.165) is 19.4 Å². The summed E-state index contributed by atoms with van der Waals surface area (Å²) in [6, 6.07) is 0. The highest BCUT2D eigenvalue weighted by Gasteiger charge is 1.82. The van der Waals surface area contributed by atoms with Gasteiger partial charge in [0.05, 0.1) is 6.61 Å². The van der Waals surface area contributed by atoms with E-state index >= 15 is 0 Å². The molecule has 0 aromatic carbocycles. The van der Waals surface area contributed by atoms with Crippen LogP contribution in [-0.4, -0.2) is 19.1 Å². The molecule has 0 unspecified atom stereocenters. The highest BCUT2D eigenvalue weighted by Crippen LogP contribution is 1.87. The molecule has 0 rings (SSSR count). The van der Waals surface area contributed by atoms with Gasteiger partial charge in [-0.1, -0.05) is 13.3 Å². The smallest absolute Gasteiger partial charge is 0.0601 e. The molecule has 0 bridgehead atoms. The minimum Gasteiger partial charge on any atom is -0.380 e. The SMILES string of the molecule is [CH2]CCCOCCCl. The van der Waals surface area contributed by atoms with Crippen molar-refractivity contribution in [2.75, 3.05) is 19.1 Å². The molecule has 0 aliphatic heterocycles. The molecule has 1 radical (unpaired) electrons. The summed E-state index contributed by atoms with van der Waals surface area (Å²) in [5.74, 6) is 0.594. The van der Waals surface area contributed by atoms with Crippen LogP contribution in [0.2, 0.25) is 0 Å². The van der Waals surface area contributed by atoms with Gasteiger partial charge in [0.15, 0.2) is 0 Å². The quantitative estimate of drug-likeness (QED) is 0.413. The molecular weight excluding hydrogens is 124 g/mol. The van der Waals surface area contributed by atoms with E-state index in [0.29, 0.717) is 12.5 Å². The summed E-state index contributed by atoms with van der Waals surface area (Å²) in [6.45, 7) is 5.14. The first kappa shape index (κ1) is 8.25. The number of ether oxygens (including phenoxy) is 1. The minimum atomic E-state index is 0.594. The zero-order valence-corrected chi connectivity index (χ0v) is 5.78. The van der Waals surface area contributed by atoms with Crippen molar-refractivity contribution in [3.63, 3.8) is 0 Å². The lowest BCUT2D eigenvalue weighted by atomic mass is 10.4. The van der Waals surface area contributed by atoms with Gasteiger partial charge in [-0.05, 0) is 6.42 Å². The van der Waals surface area contributed by atoms with E-state index in [4.69, 9.17) is 16.3 Å². The van der Waals surface area contributed by atoms with Gasteiger partial charge < -0.3 is 4.74 Å². The average molecular weight is 136 g/mol. The van der Waals surface area contributed by atoms with Crippen molar-refractivity contribution < 1.29 is 4.74 Å². The zero-order valence-electron chi connectivity index (χ0n) is 5.03. The Morgan fingerprint density at radius 2 is 2.12 bits per heavy atom. The van der Waals surface area contributed by atoms with Crippen LogP contribution in [-0.2, 0) is 4.74 Å². The topological polar surface area (TPSA) is 9.23 Å². The molecule has 0 N–H and O–H groups in total. The second-order valence-electron chi connectivity index (χ2n) is 1.51. The molecule has 0 spiro atoms. The van der Waals surface area contributed by atoms with Gasteiger partial charge in [0.25, 0.3) is 0 Å². The highest BCUT2D eigenvalue weighted by molar-refractivity contribution is 6.17. The Bertz CT molecular complexity index is 33.5. The maximum absolute atomic E-state index is 5.34. The van der Waals surface area contributed by atoms with E-state index in [1.807, 2.05) is 0 Å². The number of unbranched alkanes of at least 4 members (excludes halogenated alkanes) is 1. The summed E-state index contributed by atoms with van der Waals surface area (Å²) in [6.07, 6.45) is 1.99. The minimum absolute atomic E-state index is 0.594. The number of halogens is 1. The second kappa shape index (κ2) is 7.25. The maximum Gasteiger partial charge on any atom is 0.0601 e. The van der Waals surface area contributed by atoms with Crippen molar-refractivity contribution in [3.05, 3.63) is 6.92 Å². The van der Waals surface area contributed by atoms with Crippen LogP contribution in [0, 0.1) is 6.92 Å². The monoisotopic (exact) mass is 135 g/mol. The highest BCUT2D eigenvalue weighted by atomic mass is 35.5. The molecule has 0 fully saturated rings. The molecule has 0 saturated heterocycles. The van der Waals surface area contributed by atoms with Gasteiger partial charge in [0, 0.05) is 12.5 Å². The predicted octanol–water partition coefficient (Wildman–Crippen LogP) is 1.86. The van der Waals surface area contributed by atoms with Crippen molar-refractivity contribution >= 4 is 11.6 Å². The first-order chi connectivity index (χ1) is 3.91. The summed E-state index contributed by atoms with van der Waals surface area (Å²) in [7, 11) is 0. The second-order valence-corrected chi connectivity index (χ2v) is 1.89. The van der Waals surface area contributed by atoms with E-state index in [-0.39, 0.29) is 0 Å². The van der Waals surface area contributed by atoms with Crippen molar-refractivity contribution in [1.82, 2.24) is 0 Å². The number of rotatable bonds is 5. The molecule has 0 aromatic rings. The number of hydrogen-bond acceptors (Lipinski definition) is 1. The van der Waals surface area contributed by atoms with E-state index in [1.54, 1.807) is 0 Å². The van der Waals surface area contributed by atoms with Gasteiger partial charge in [0.1, 0.15) is 0 Å². The molecule has 0 aliphatic carbocycles. The third-order valence-electron chi connectivity index (χ3n) is 0.760. The molecule has 0 amide bonds. The van der Waals surface area contributed by atoms with Gasteiger partial charge in [-0.3, -0.25) is 0 Å². The van der Waals surface area contributed by atoms with Crippen molar-refractivity contribution in [2.24, 2.45) is 0 Å². The van der Waals surface area contributed by atoms with Crippen LogP contribution in [0.3, 0.4) is 0 Å². The Labute approximate surface area is 56.0 Å². The summed E-state index contributed by atoms with van der Waals surface area (Å²) in [5, 5.41) is 0. The molecular formula is C6H12ClO. The lowest BCUT2D eigenvalue weighted by molar-refractivity contribution is 0.147. The maximum atomic E-state index is 5.34. The van der Waals surface area contributed by atoms with Gasteiger partial charge >= 0.3 is 0 Å². The van der Waals surface area contributed by atoms with Crippen LogP contribution in [0.4, 0.5) is 0 Å². The third kappa shape index (κ3) is 6.25. The van der Waals surface area contributed by atoms with Crippen LogP contribution in [0.1, 0.15) is 12.8 Å². The summed E-state index contributed by atoms with van der Waals surface area (Å²) >= 11 is 5.34. The fourth-order valence-electron chi connectivity index (χ4n) is 0.361. The first-order valence-corrected chi connectivity index (χ1v) is 3.38. The lowest BCUT2D eigenvalue weighted by Crippen LogP contribution is -1.96. The van der Waals surface area contributed by atoms with Gasteiger partial charge in [-0.25, -0.2) is 0 Å². The zero-order chi connectivity index (χ0) is 6.24. The van der Waals surface area contributed by atoms with Gasteiger partial charge in [-0.2, -0.15) is 0 Å². The standard InChI is InChI=1S/C6H12ClO/c1-2-3-5-8-6-4-7/h1-6H2. The van der Waals surface area contributed by atoms with Gasteiger partial charge in [0.2, 0.25) is 0 Å². The van der Waals surface area contributed by atoms with Crippen molar-refractivity contribution in [3.8, 4) is 0 Å². The number of hydrogen-bond donors (Lipinski definition) is 0. The molecule has 0 aliphatic rings. The van der Waals surface area contributed by atoms with Gasteiger partial charge in [-0.15, -0.1) is 11.6 Å². The molecule has 0 saturated carbocycles. The van der Waals surface area contributed by atoms with E-state index in [9.17, 15) is 0 Å². The Morgan fingerprint density at radius 3 is 2.62 bits per heavy atom. The van der Waals surface area contributed by atoms with Crippen molar-refractivity contribution in [1.29, 1.82) is 0 Å². The predicted molar refractivity (Wildman–Crippen MR) is 36.1 cm³/mol. The summed E-state index contributed by atoms with van der Waals surface area (Å²) in [5.41, 5.74) is 0.